The summed E-state index contributed by atoms with van der Waals surface area (Å²) >= 11 is 0. The van der Waals surface area contributed by atoms with Crippen molar-refractivity contribution >= 4 is 17.5 Å². The Balaban J connectivity index is 1.31. The molecule has 31 heavy (non-hydrogen) atoms. The van der Waals surface area contributed by atoms with E-state index >= 15 is 0 Å². The summed E-state index contributed by atoms with van der Waals surface area (Å²) in [5, 5.41) is 2.68. The maximum absolute atomic E-state index is 12.9. The second kappa shape index (κ2) is 9.73. The molecule has 1 aliphatic heterocycles. The number of carbonyl (C=O) groups excluding carboxylic acids is 2. The minimum atomic E-state index is -0.276. The number of nitrogens with zero attached hydrogens (tertiary/aromatic N) is 3. The van der Waals surface area contributed by atoms with E-state index in [1.165, 1.54) is 18.9 Å². The normalized spacial score (nSPS) is 18.7. The van der Waals surface area contributed by atoms with Crippen molar-refractivity contribution < 1.29 is 14.3 Å². The number of amides is 2. The van der Waals surface area contributed by atoms with E-state index in [9.17, 15) is 9.59 Å². The predicted molar refractivity (Wildman–Crippen MR) is 118 cm³/mol. The van der Waals surface area contributed by atoms with Crippen LogP contribution in [0.2, 0.25) is 0 Å². The summed E-state index contributed by atoms with van der Waals surface area (Å²) in [7, 11) is 0. The predicted octanol–water partition coefficient (Wildman–Crippen LogP) is 3.63. The van der Waals surface area contributed by atoms with Crippen LogP contribution >= 0.6 is 0 Å². The highest BCUT2D eigenvalue weighted by atomic mass is 16.5. The Labute approximate surface area is 182 Å². The fourth-order valence-electron chi connectivity index (χ4n) is 4.24. The lowest BCUT2D eigenvalue weighted by atomic mass is 10.0. The lowest BCUT2D eigenvalue weighted by Gasteiger charge is -2.17. The molecule has 2 amide bonds. The third-order valence-corrected chi connectivity index (χ3v) is 5.90. The van der Waals surface area contributed by atoms with Gasteiger partial charge < -0.3 is 15.0 Å². The second-order valence-corrected chi connectivity index (χ2v) is 8.22. The first-order valence-corrected chi connectivity index (χ1v) is 10.9. The summed E-state index contributed by atoms with van der Waals surface area (Å²) in [6.07, 6.45) is 9.55. The molecule has 162 valence electrons. The van der Waals surface area contributed by atoms with Crippen LogP contribution in [0.25, 0.3) is 0 Å². The molecule has 1 aromatic carbocycles. The van der Waals surface area contributed by atoms with E-state index in [-0.39, 0.29) is 17.9 Å². The van der Waals surface area contributed by atoms with Crippen LogP contribution in [-0.4, -0.2) is 45.9 Å². The van der Waals surface area contributed by atoms with Gasteiger partial charge in [-0.15, -0.1) is 0 Å². The van der Waals surface area contributed by atoms with Crippen molar-refractivity contribution in [2.24, 2.45) is 5.92 Å². The molecule has 2 aliphatic rings. The Hall–Kier alpha value is -3.22. The fourth-order valence-corrected chi connectivity index (χ4v) is 4.24. The van der Waals surface area contributed by atoms with Crippen LogP contribution in [0.1, 0.15) is 48.3 Å². The highest BCUT2D eigenvalue weighted by Crippen LogP contribution is 2.25. The summed E-state index contributed by atoms with van der Waals surface area (Å²) in [4.78, 5) is 35.1. The van der Waals surface area contributed by atoms with Crippen molar-refractivity contribution in [1.29, 1.82) is 0 Å². The SMILES string of the molecule is C=CC(=O)Nc1ccc(C(=O)N2CC[C@@H](Cc3nccc(OC4CCCC4)n3)C2)cc1. The molecule has 1 N–H and O–H groups in total. The number of ether oxygens (including phenoxy) is 1. The van der Waals surface area contributed by atoms with Gasteiger partial charge in [-0.3, -0.25) is 9.59 Å². The standard InChI is InChI=1S/C24H28N4O3/c1-2-22(29)26-19-9-7-18(8-10-19)24(30)28-14-12-17(16-28)15-21-25-13-11-23(27-21)31-20-5-3-4-6-20/h2,7-11,13,17,20H,1,3-6,12,14-16H2,(H,26,29)/t17-/m0/s1. The van der Waals surface area contributed by atoms with Crippen LogP contribution < -0.4 is 10.1 Å². The zero-order chi connectivity index (χ0) is 21.6. The molecule has 7 heteroatoms. The average molecular weight is 421 g/mol. The molecule has 0 unspecified atom stereocenters. The van der Waals surface area contributed by atoms with E-state index in [0.717, 1.165) is 38.1 Å². The molecular formula is C24H28N4O3. The number of benzene rings is 1. The van der Waals surface area contributed by atoms with Crippen molar-refractivity contribution in [3.8, 4) is 5.88 Å². The Morgan fingerprint density at radius 1 is 1.16 bits per heavy atom. The van der Waals surface area contributed by atoms with Gasteiger partial charge in [0.15, 0.2) is 0 Å². The molecule has 0 radical (unpaired) electrons. The van der Waals surface area contributed by atoms with Crippen molar-refractivity contribution in [1.82, 2.24) is 14.9 Å². The van der Waals surface area contributed by atoms with Gasteiger partial charge in [-0.1, -0.05) is 6.58 Å². The van der Waals surface area contributed by atoms with E-state index in [1.54, 1.807) is 30.5 Å². The second-order valence-electron chi connectivity index (χ2n) is 8.22. The number of anilines is 1. The zero-order valence-electron chi connectivity index (χ0n) is 17.6. The van der Waals surface area contributed by atoms with E-state index in [1.807, 2.05) is 11.0 Å². The van der Waals surface area contributed by atoms with Gasteiger partial charge in [0.1, 0.15) is 11.9 Å². The Morgan fingerprint density at radius 3 is 2.68 bits per heavy atom. The van der Waals surface area contributed by atoms with Crippen LogP contribution in [0.3, 0.4) is 0 Å². The maximum Gasteiger partial charge on any atom is 0.253 e. The molecule has 2 fully saturated rings. The van der Waals surface area contributed by atoms with Gasteiger partial charge in [-0.25, -0.2) is 4.98 Å². The number of hydrogen-bond acceptors (Lipinski definition) is 5. The topological polar surface area (TPSA) is 84.4 Å². The van der Waals surface area contributed by atoms with E-state index < -0.39 is 0 Å². The molecular weight excluding hydrogens is 392 g/mol. The molecule has 4 rings (SSSR count). The van der Waals surface area contributed by atoms with Gasteiger partial charge in [0.25, 0.3) is 5.91 Å². The van der Waals surface area contributed by atoms with E-state index in [4.69, 9.17) is 4.74 Å². The van der Waals surface area contributed by atoms with Crippen LogP contribution in [0, 0.1) is 5.92 Å². The zero-order valence-corrected chi connectivity index (χ0v) is 17.6. The molecule has 2 aromatic rings. The van der Waals surface area contributed by atoms with Crippen LogP contribution in [0.5, 0.6) is 5.88 Å². The molecule has 1 atom stereocenters. The van der Waals surface area contributed by atoms with Crippen LogP contribution in [0.15, 0.2) is 49.2 Å². The number of likely N-dealkylation sites (tertiary alicyclic amines) is 1. The molecule has 1 saturated heterocycles. The monoisotopic (exact) mass is 420 g/mol. The molecule has 7 nitrogen and oxygen atoms in total. The van der Waals surface area contributed by atoms with Crippen molar-refractivity contribution in [2.45, 2.75) is 44.6 Å². The minimum Gasteiger partial charge on any atom is -0.474 e. The summed E-state index contributed by atoms with van der Waals surface area (Å²) < 4.78 is 5.99. The lowest BCUT2D eigenvalue weighted by Crippen LogP contribution is -2.29. The molecule has 0 bridgehead atoms. The van der Waals surface area contributed by atoms with Gasteiger partial charge in [0.2, 0.25) is 11.8 Å². The van der Waals surface area contributed by atoms with Crippen LogP contribution in [-0.2, 0) is 11.2 Å². The smallest absolute Gasteiger partial charge is 0.253 e. The molecule has 2 heterocycles. The molecule has 1 aliphatic carbocycles. The molecule has 0 spiro atoms. The third kappa shape index (κ3) is 5.48. The molecule has 1 saturated carbocycles. The van der Waals surface area contributed by atoms with Crippen molar-refractivity contribution in [2.75, 3.05) is 18.4 Å². The Morgan fingerprint density at radius 2 is 1.94 bits per heavy atom. The number of rotatable bonds is 7. The van der Waals surface area contributed by atoms with E-state index in [2.05, 4.69) is 21.9 Å². The number of nitrogens with one attached hydrogen (secondary N) is 1. The first-order chi connectivity index (χ1) is 15.1. The summed E-state index contributed by atoms with van der Waals surface area (Å²) in [6, 6.07) is 8.76. The van der Waals surface area contributed by atoms with Gasteiger partial charge in [-0.05, 0) is 68.4 Å². The highest BCUT2D eigenvalue weighted by Gasteiger charge is 2.28. The first-order valence-electron chi connectivity index (χ1n) is 10.9. The number of carbonyl (C=O) groups is 2. The van der Waals surface area contributed by atoms with Gasteiger partial charge >= 0.3 is 0 Å². The van der Waals surface area contributed by atoms with Crippen LogP contribution in [0.4, 0.5) is 5.69 Å². The third-order valence-electron chi connectivity index (χ3n) is 5.90. The van der Waals surface area contributed by atoms with Crippen molar-refractivity contribution in [3.05, 3.63) is 60.6 Å². The van der Waals surface area contributed by atoms with Gasteiger partial charge in [0.05, 0.1) is 0 Å². The summed E-state index contributed by atoms with van der Waals surface area (Å²) in [5.41, 5.74) is 1.25. The maximum atomic E-state index is 12.9. The first kappa shape index (κ1) is 21.0. The quantitative estimate of drug-likeness (QED) is 0.692. The average Bonchev–Trinajstić information content (AvgIpc) is 3.46. The molecule has 1 aromatic heterocycles. The number of hydrogen-bond donors (Lipinski definition) is 1. The fraction of sp³-hybridized carbons (Fsp3) is 0.417. The van der Waals surface area contributed by atoms with Gasteiger partial charge in [0, 0.05) is 43.0 Å². The Kier molecular flexibility index (Phi) is 6.60. The lowest BCUT2D eigenvalue weighted by molar-refractivity contribution is -0.111. The Bertz CT molecular complexity index is 938. The van der Waals surface area contributed by atoms with E-state index in [0.29, 0.717) is 29.6 Å². The number of aromatic nitrogens is 2. The largest absolute Gasteiger partial charge is 0.474 e. The van der Waals surface area contributed by atoms with Gasteiger partial charge in [-0.2, -0.15) is 4.98 Å². The summed E-state index contributed by atoms with van der Waals surface area (Å²) in [6.45, 7) is 4.83. The highest BCUT2D eigenvalue weighted by molar-refractivity contribution is 5.99. The minimum absolute atomic E-state index is 0.00309. The summed E-state index contributed by atoms with van der Waals surface area (Å²) in [5.74, 6) is 1.49. The van der Waals surface area contributed by atoms with Crippen molar-refractivity contribution in [3.63, 3.8) is 0 Å².